The zero-order valence-electron chi connectivity index (χ0n) is 14.9. The van der Waals surface area contributed by atoms with E-state index >= 15 is 0 Å². The number of alkyl halides is 3. The Labute approximate surface area is 158 Å². The lowest BCUT2D eigenvalue weighted by molar-refractivity contribution is -0.139. The van der Waals surface area contributed by atoms with Crippen molar-refractivity contribution < 1.29 is 17.6 Å². The van der Waals surface area contributed by atoms with Gasteiger partial charge in [0.15, 0.2) is 22.9 Å². The Morgan fingerprint density at radius 1 is 1.04 bits per heavy atom. The van der Waals surface area contributed by atoms with Crippen LogP contribution in [0.25, 0.3) is 22.7 Å². The number of aromatic nitrogens is 4. The van der Waals surface area contributed by atoms with Gasteiger partial charge < -0.3 is 14.3 Å². The number of hydrogen-bond donors (Lipinski definition) is 1. The monoisotopic (exact) mass is 387 g/mol. The summed E-state index contributed by atoms with van der Waals surface area (Å²) < 4.78 is 47.5. The Hall–Kier alpha value is -3.36. The number of nitrogens with zero attached hydrogens (tertiary/aromatic N) is 4. The van der Waals surface area contributed by atoms with Crippen molar-refractivity contribution in [3.8, 4) is 11.6 Å². The average Bonchev–Trinajstić information content (AvgIpc) is 3.30. The van der Waals surface area contributed by atoms with E-state index in [0.29, 0.717) is 18.7 Å². The van der Waals surface area contributed by atoms with Gasteiger partial charge in [0.25, 0.3) is 0 Å². The maximum atomic E-state index is 13.6. The summed E-state index contributed by atoms with van der Waals surface area (Å²) in [5.41, 5.74) is -0.244. The molecule has 28 heavy (non-hydrogen) atoms. The van der Waals surface area contributed by atoms with Crippen molar-refractivity contribution in [2.45, 2.75) is 12.6 Å². The van der Waals surface area contributed by atoms with Gasteiger partial charge in [-0.15, -0.1) is 0 Å². The second-order valence-electron chi connectivity index (χ2n) is 6.20. The fourth-order valence-corrected chi connectivity index (χ4v) is 2.93. The minimum Gasteiger partial charge on any atom is -0.461 e. The predicted molar refractivity (Wildman–Crippen MR) is 97.6 cm³/mol. The zero-order valence-corrected chi connectivity index (χ0v) is 14.9. The zero-order chi connectivity index (χ0) is 19.7. The van der Waals surface area contributed by atoms with Crippen LogP contribution in [0.4, 0.5) is 19.1 Å². The smallest absolute Gasteiger partial charge is 0.435 e. The SMILES string of the molecule is Cn1c(-c2ccco2)nc2c(C(F)(F)F)nc(NCCc3ccccc3)nc21. The van der Waals surface area contributed by atoms with E-state index in [2.05, 4.69) is 20.3 Å². The Morgan fingerprint density at radius 3 is 2.50 bits per heavy atom. The average molecular weight is 387 g/mol. The molecule has 1 N–H and O–H groups in total. The summed E-state index contributed by atoms with van der Waals surface area (Å²) in [6.07, 6.45) is -2.60. The maximum Gasteiger partial charge on any atom is 0.435 e. The molecule has 1 aromatic carbocycles. The van der Waals surface area contributed by atoms with Crippen molar-refractivity contribution in [3.63, 3.8) is 0 Å². The third kappa shape index (κ3) is 3.42. The van der Waals surface area contributed by atoms with Gasteiger partial charge in [0.1, 0.15) is 5.52 Å². The third-order valence-electron chi connectivity index (χ3n) is 4.27. The van der Waals surface area contributed by atoms with Gasteiger partial charge in [-0.1, -0.05) is 30.3 Å². The second-order valence-corrected chi connectivity index (χ2v) is 6.20. The predicted octanol–water partition coefficient (Wildman–Crippen LogP) is 4.30. The number of rotatable bonds is 5. The highest BCUT2D eigenvalue weighted by Gasteiger charge is 2.38. The molecule has 0 aliphatic carbocycles. The molecule has 4 aromatic rings. The lowest BCUT2D eigenvalue weighted by Crippen LogP contribution is -2.14. The normalized spacial score (nSPS) is 11.9. The number of hydrogen-bond acceptors (Lipinski definition) is 5. The van der Waals surface area contributed by atoms with Gasteiger partial charge in [0, 0.05) is 13.6 Å². The van der Waals surface area contributed by atoms with E-state index in [1.807, 2.05) is 30.3 Å². The van der Waals surface area contributed by atoms with Crippen LogP contribution in [0.2, 0.25) is 0 Å². The van der Waals surface area contributed by atoms with E-state index in [4.69, 9.17) is 4.42 Å². The molecule has 0 unspecified atom stereocenters. The number of halogens is 3. The quantitative estimate of drug-likeness (QED) is 0.553. The summed E-state index contributed by atoms with van der Waals surface area (Å²) in [5, 5.41) is 2.88. The third-order valence-corrected chi connectivity index (χ3v) is 4.27. The molecule has 9 heteroatoms. The first-order chi connectivity index (χ1) is 13.4. The van der Waals surface area contributed by atoms with Gasteiger partial charge in [0.2, 0.25) is 5.95 Å². The largest absolute Gasteiger partial charge is 0.461 e. The number of fused-ring (bicyclic) bond motifs is 1. The summed E-state index contributed by atoms with van der Waals surface area (Å²) in [6.45, 7) is 0.399. The van der Waals surface area contributed by atoms with Crippen molar-refractivity contribution in [1.82, 2.24) is 19.5 Å². The van der Waals surface area contributed by atoms with Gasteiger partial charge in [0.05, 0.1) is 6.26 Å². The molecule has 4 rings (SSSR count). The van der Waals surface area contributed by atoms with E-state index in [-0.39, 0.29) is 22.9 Å². The molecule has 144 valence electrons. The van der Waals surface area contributed by atoms with Crippen molar-refractivity contribution in [3.05, 3.63) is 60.0 Å². The van der Waals surface area contributed by atoms with Crippen molar-refractivity contribution >= 4 is 17.1 Å². The van der Waals surface area contributed by atoms with Gasteiger partial charge >= 0.3 is 6.18 Å². The minimum atomic E-state index is -4.66. The molecule has 0 radical (unpaired) electrons. The number of furan rings is 1. The number of imidazole rings is 1. The Balaban J connectivity index is 1.70. The molecule has 0 saturated carbocycles. The first kappa shape index (κ1) is 18.0. The van der Waals surface area contributed by atoms with Crippen LogP contribution in [-0.4, -0.2) is 26.1 Å². The van der Waals surface area contributed by atoms with Gasteiger partial charge in [-0.3, -0.25) is 0 Å². The number of anilines is 1. The van der Waals surface area contributed by atoms with E-state index < -0.39 is 11.9 Å². The topological polar surface area (TPSA) is 68.8 Å². The van der Waals surface area contributed by atoms with Gasteiger partial charge in [-0.05, 0) is 24.1 Å². The molecular formula is C19H16F3N5O. The first-order valence-electron chi connectivity index (χ1n) is 8.57. The lowest BCUT2D eigenvalue weighted by atomic mass is 10.1. The number of benzene rings is 1. The molecule has 0 fully saturated rings. The molecule has 0 bridgehead atoms. The highest BCUT2D eigenvalue weighted by atomic mass is 19.4. The summed E-state index contributed by atoms with van der Waals surface area (Å²) in [6, 6.07) is 12.9. The van der Waals surface area contributed by atoms with Crippen LogP contribution in [0.1, 0.15) is 11.3 Å². The number of aryl methyl sites for hydroxylation is 1. The molecule has 6 nitrogen and oxygen atoms in total. The second kappa shape index (κ2) is 6.99. The molecule has 0 atom stereocenters. The van der Waals surface area contributed by atoms with E-state index in [1.54, 1.807) is 19.2 Å². The van der Waals surface area contributed by atoms with E-state index in [0.717, 1.165) is 5.56 Å². The summed E-state index contributed by atoms with van der Waals surface area (Å²) in [7, 11) is 1.59. The molecule has 0 amide bonds. The van der Waals surface area contributed by atoms with Gasteiger partial charge in [-0.2, -0.15) is 18.2 Å². The molecule has 0 aliphatic heterocycles. The maximum absolute atomic E-state index is 13.6. The summed E-state index contributed by atoms with van der Waals surface area (Å²) >= 11 is 0. The molecule has 3 aromatic heterocycles. The highest BCUT2D eigenvalue weighted by Crippen LogP contribution is 2.34. The van der Waals surface area contributed by atoms with Crippen molar-refractivity contribution in [2.24, 2.45) is 7.05 Å². The Bertz CT molecular complexity index is 1090. The Kier molecular flexibility index (Phi) is 4.50. The molecule has 0 aliphatic rings. The van der Waals surface area contributed by atoms with Crippen LogP contribution in [0.5, 0.6) is 0 Å². The highest BCUT2D eigenvalue weighted by molar-refractivity contribution is 5.79. The van der Waals surface area contributed by atoms with Crippen molar-refractivity contribution in [2.75, 3.05) is 11.9 Å². The van der Waals surface area contributed by atoms with Crippen molar-refractivity contribution in [1.29, 1.82) is 0 Å². The fraction of sp³-hybridized carbons (Fsp3) is 0.211. The van der Waals surface area contributed by atoms with Crippen LogP contribution >= 0.6 is 0 Å². The van der Waals surface area contributed by atoms with Crippen LogP contribution in [0, 0.1) is 0 Å². The summed E-state index contributed by atoms with van der Waals surface area (Å²) in [4.78, 5) is 12.0. The van der Waals surface area contributed by atoms with Crippen LogP contribution < -0.4 is 5.32 Å². The van der Waals surface area contributed by atoms with E-state index in [9.17, 15) is 13.2 Å². The molecule has 0 saturated heterocycles. The molecular weight excluding hydrogens is 371 g/mol. The molecule has 0 spiro atoms. The Morgan fingerprint density at radius 2 is 1.82 bits per heavy atom. The van der Waals surface area contributed by atoms with Crippen LogP contribution in [0.15, 0.2) is 53.1 Å². The number of nitrogens with one attached hydrogen (secondary N) is 1. The van der Waals surface area contributed by atoms with Crippen LogP contribution in [-0.2, 0) is 19.6 Å². The minimum absolute atomic E-state index is 0.0796. The lowest BCUT2D eigenvalue weighted by Gasteiger charge is -2.10. The fourth-order valence-electron chi connectivity index (χ4n) is 2.93. The standard InChI is InChI=1S/C19H16F3N5O/c1-27-16(13-8-5-11-28-13)24-14-15(19(20,21)22)25-18(26-17(14)27)23-10-9-12-6-3-2-4-7-12/h2-8,11H,9-10H2,1H3,(H,23,25,26). The van der Waals surface area contributed by atoms with E-state index in [1.165, 1.54) is 10.8 Å². The first-order valence-corrected chi connectivity index (χ1v) is 8.57. The molecule has 3 heterocycles. The van der Waals surface area contributed by atoms with Crippen LogP contribution in [0.3, 0.4) is 0 Å². The summed E-state index contributed by atoms with van der Waals surface area (Å²) in [5.74, 6) is 0.512. The van der Waals surface area contributed by atoms with Gasteiger partial charge in [-0.25, -0.2) is 9.97 Å².